The lowest BCUT2D eigenvalue weighted by Gasteiger charge is -1.90. The van der Waals surface area contributed by atoms with Gasteiger partial charge in [0.15, 0.2) is 0 Å². The van der Waals surface area contributed by atoms with E-state index in [0.29, 0.717) is 0 Å². The van der Waals surface area contributed by atoms with Gasteiger partial charge in [0, 0.05) is 12.1 Å². The first-order valence-corrected chi connectivity index (χ1v) is 2.74. The van der Waals surface area contributed by atoms with Gasteiger partial charge in [0.25, 0.3) is 0 Å². The molecule has 0 aliphatic carbocycles. The lowest BCUT2D eigenvalue weighted by Crippen LogP contribution is -1.71. The number of hydrogen-bond donors (Lipinski definition) is 0. The Hall–Kier alpha value is -1.11. The third kappa shape index (κ3) is 3.47. The first-order valence-electron chi connectivity index (χ1n) is 2.74. The van der Waals surface area contributed by atoms with Crippen molar-refractivity contribution in [3.05, 3.63) is 37.1 Å². The zero-order valence-corrected chi connectivity index (χ0v) is 5.51. The summed E-state index contributed by atoms with van der Waals surface area (Å²) in [6.45, 7) is 10.5. The van der Waals surface area contributed by atoms with Gasteiger partial charge in [-0.3, -0.25) is 4.99 Å². The van der Waals surface area contributed by atoms with Crippen LogP contribution in [0.2, 0.25) is 0 Å². The molecule has 0 bridgehead atoms. The molecule has 0 radical (unpaired) electrons. The molecule has 1 nitrogen and oxygen atoms in total. The average Bonchev–Trinajstić information content (AvgIpc) is 1.88. The molecule has 0 N–H and O–H groups in total. The Kier molecular flexibility index (Phi) is 4.41. The number of allylic oxidation sites excluding steroid dienone is 3. The van der Waals surface area contributed by atoms with Crippen molar-refractivity contribution in [2.24, 2.45) is 4.99 Å². The second-order valence-electron chi connectivity index (χ2n) is 1.54. The van der Waals surface area contributed by atoms with Crippen molar-refractivity contribution in [1.29, 1.82) is 0 Å². The highest BCUT2D eigenvalue weighted by molar-refractivity contribution is 5.30. The van der Waals surface area contributed by atoms with Crippen LogP contribution in [0.5, 0.6) is 0 Å². The first kappa shape index (κ1) is 7.89. The summed E-state index contributed by atoms with van der Waals surface area (Å²) in [6, 6.07) is 0. The van der Waals surface area contributed by atoms with Crippen LogP contribution in [-0.2, 0) is 0 Å². The van der Waals surface area contributed by atoms with Gasteiger partial charge in [-0.15, -0.1) is 6.58 Å². The molecule has 9 heavy (non-hydrogen) atoms. The molecule has 1 heteroatoms. The fourth-order valence-corrected chi connectivity index (χ4v) is 0.469. The van der Waals surface area contributed by atoms with Crippen molar-refractivity contribution < 1.29 is 0 Å². The van der Waals surface area contributed by atoms with E-state index < -0.39 is 0 Å². The van der Waals surface area contributed by atoms with Gasteiger partial charge in [0.05, 0.1) is 0 Å². The van der Waals surface area contributed by atoms with Crippen LogP contribution < -0.4 is 0 Å². The molecule has 0 heterocycles. The maximum Gasteiger partial charge on any atom is 0.0433 e. The van der Waals surface area contributed by atoms with Gasteiger partial charge in [0.2, 0.25) is 0 Å². The fraction of sp³-hybridized carbons (Fsp3) is 0.125. The van der Waals surface area contributed by atoms with E-state index in [2.05, 4.69) is 24.9 Å². The summed E-state index contributed by atoms with van der Waals surface area (Å²) in [5.41, 5.74) is 0.903. The molecular formula is C8H11N. The summed E-state index contributed by atoms with van der Waals surface area (Å²) in [6.07, 6.45) is 6.04. The summed E-state index contributed by atoms with van der Waals surface area (Å²) in [7, 11) is 0. The lowest BCUT2D eigenvalue weighted by atomic mass is 10.3. The monoisotopic (exact) mass is 121 g/mol. The van der Waals surface area contributed by atoms with Crippen molar-refractivity contribution >= 4 is 6.72 Å². The van der Waals surface area contributed by atoms with Gasteiger partial charge in [-0.25, -0.2) is 0 Å². The van der Waals surface area contributed by atoms with E-state index in [4.69, 9.17) is 0 Å². The summed E-state index contributed by atoms with van der Waals surface area (Å²) in [4.78, 5) is 3.74. The highest BCUT2D eigenvalue weighted by atomic mass is 14.7. The Morgan fingerprint density at radius 3 is 2.44 bits per heavy atom. The van der Waals surface area contributed by atoms with Crippen LogP contribution in [0.1, 0.15) is 6.42 Å². The maximum absolute atomic E-state index is 3.74. The molecule has 0 fully saturated rings. The highest BCUT2D eigenvalue weighted by Gasteiger charge is 1.83. The van der Waals surface area contributed by atoms with Crippen LogP contribution >= 0.6 is 0 Å². The summed E-state index contributed by atoms with van der Waals surface area (Å²) < 4.78 is 0. The largest absolute Gasteiger partial charge is 0.269 e. The van der Waals surface area contributed by atoms with Gasteiger partial charge >= 0.3 is 0 Å². The van der Waals surface area contributed by atoms with Crippen molar-refractivity contribution in [3.8, 4) is 0 Å². The van der Waals surface area contributed by atoms with Crippen LogP contribution in [0.15, 0.2) is 42.1 Å². The van der Waals surface area contributed by atoms with Gasteiger partial charge in [0.1, 0.15) is 0 Å². The third-order valence-corrected chi connectivity index (χ3v) is 0.867. The standard InChI is InChI=1S/C8H11N/c1-4-6-8(9-3)7-5-2/h4-6H,1-3,7H2/b8-6-. The zero-order valence-electron chi connectivity index (χ0n) is 5.51. The number of hydrogen-bond acceptors (Lipinski definition) is 1. The van der Waals surface area contributed by atoms with Crippen LogP contribution in [0, 0.1) is 0 Å². The Labute approximate surface area is 56.1 Å². The molecule has 0 rings (SSSR count). The zero-order chi connectivity index (χ0) is 7.11. The molecule has 0 aliphatic rings. The predicted molar refractivity (Wildman–Crippen MR) is 42.6 cm³/mol. The van der Waals surface area contributed by atoms with Gasteiger partial charge in [-0.05, 0) is 12.8 Å². The first-order chi connectivity index (χ1) is 4.35. The van der Waals surface area contributed by atoms with E-state index in [0.717, 1.165) is 12.1 Å². The highest BCUT2D eigenvalue weighted by Crippen LogP contribution is 2.01. The second kappa shape index (κ2) is 5.04. The molecule has 48 valence electrons. The Bertz CT molecular complexity index is 143. The number of rotatable bonds is 4. The van der Waals surface area contributed by atoms with Crippen LogP contribution in [-0.4, -0.2) is 6.72 Å². The SMILES string of the molecule is C=C/C=C(/CC=C)N=C. The Morgan fingerprint density at radius 1 is 1.44 bits per heavy atom. The fourth-order valence-electron chi connectivity index (χ4n) is 0.469. The van der Waals surface area contributed by atoms with Gasteiger partial charge in [-0.2, -0.15) is 0 Å². The quantitative estimate of drug-likeness (QED) is 0.307. The van der Waals surface area contributed by atoms with Crippen molar-refractivity contribution in [3.63, 3.8) is 0 Å². The minimum atomic E-state index is 0.759. The van der Waals surface area contributed by atoms with E-state index in [-0.39, 0.29) is 0 Å². The molecule has 0 saturated heterocycles. The van der Waals surface area contributed by atoms with E-state index in [1.54, 1.807) is 12.2 Å². The van der Waals surface area contributed by atoms with Crippen molar-refractivity contribution in [2.45, 2.75) is 6.42 Å². The molecule has 0 amide bonds. The van der Waals surface area contributed by atoms with Crippen LogP contribution in [0.3, 0.4) is 0 Å². The summed E-state index contributed by atoms with van der Waals surface area (Å²) in [5.74, 6) is 0. The van der Waals surface area contributed by atoms with Gasteiger partial charge < -0.3 is 0 Å². The van der Waals surface area contributed by atoms with Gasteiger partial charge in [-0.1, -0.05) is 18.7 Å². The van der Waals surface area contributed by atoms with E-state index in [1.165, 1.54) is 0 Å². The molecule has 0 unspecified atom stereocenters. The molecule has 0 aliphatic heterocycles. The molecule has 0 atom stereocenters. The topological polar surface area (TPSA) is 12.4 Å². The van der Waals surface area contributed by atoms with Crippen LogP contribution in [0.4, 0.5) is 0 Å². The normalized spacial score (nSPS) is 10.4. The average molecular weight is 121 g/mol. The molecule has 0 aromatic heterocycles. The van der Waals surface area contributed by atoms with Crippen molar-refractivity contribution in [2.75, 3.05) is 0 Å². The molecular weight excluding hydrogens is 110 g/mol. The Morgan fingerprint density at radius 2 is 2.11 bits per heavy atom. The van der Waals surface area contributed by atoms with Crippen LogP contribution in [0.25, 0.3) is 0 Å². The van der Waals surface area contributed by atoms with E-state index >= 15 is 0 Å². The summed E-state index contributed by atoms with van der Waals surface area (Å²) in [5, 5.41) is 0. The molecule has 0 aromatic carbocycles. The van der Waals surface area contributed by atoms with Crippen molar-refractivity contribution in [1.82, 2.24) is 0 Å². The molecule has 0 saturated carbocycles. The second-order valence-corrected chi connectivity index (χ2v) is 1.54. The smallest absolute Gasteiger partial charge is 0.0433 e. The summed E-state index contributed by atoms with van der Waals surface area (Å²) >= 11 is 0. The predicted octanol–water partition coefficient (Wildman–Crippen LogP) is 2.33. The minimum Gasteiger partial charge on any atom is -0.269 e. The third-order valence-electron chi connectivity index (χ3n) is 0.867. The Balaban J connectivity index is 3.95. The van der Waals surface area contributed by atoms with E-state index in [1.807, 2.05) is 6.08 Å². The lowest BCUT2D eigenvalue weighted by molar-refractivity contribution is 1.18. The maximum atomic E-state index is 3.74. The minimum absolute atomic E-state index is 0.759. The molecule has 0 spiro atoms. The van der Waals surface area contributed by atoms with E-state index in [9.17, 15) is 0 Å². The molecule has 0 aromatic rings. The number of nitrogens with zero attached hydrogens (tertiary/aromatic N) is 1. The number of aliphatic imine (C=N–C) groups is 1.